The maximum Gasteiger partial charge on any atom is 0.268 e. The molecule has 0 bridgehead atoms. The first kappa shape index (κ1) is 11.7. The summed E-state index contributed by atoms with van der Waals surface area (Å²) in [4.78, 5) is 27.3. The zero-order valence-electron chi connectivity index (χ0n) is 8.67. The first-order valence-corrected chi connectivity index (χ1v) is 6.48. The van der Waals surface area contributed by atoms with Crippen molar-refractivity contribution in [3.05, 3.63) is 33.5 Å². The lowest BCUT2D eigenvalue weighted by molar-refractivity contribution is -0.115. The lowest BCUT2D eigenvalue weighted by Gasteiger charge is -1.98. The van der Waals surface area contributed by atoms with E-state index in [1.54, 1.807) is 0 Å². The van der Waals surface area contributed by atoms with Crippen LogP contribution in [-0.4, -0.2) is 16.8 Å². The Morgan fingerprint density at radius 2 is 2.24 bits per heavy atom. The quantitative estimate of drug-likeness (QED) is 0.880. The highest BCUT2D eigenvalue weighted by molar-refractivity contribution is 7.14. The van der Waals surface area contributed by atoms with Gasteiger partial charge in [0.2, 0.25) is 5.91 Å². The Hall–Kier alpha value is -1.73. The average Bonchev–Trinajstić information content (AvgIpc) is 2.88. The summed E-state index contributed by atoms with van der Waals surface area (Å²) in [5.74, 6) is -0.752. The number of aromatic nitrogens is 1. The maximum atomic E-state index is 11.6. The summed E-state index contributed by atoms with van der Waals surface area (Å²) in [6, 6.07) is 3.78. The summed E-state index contributed by atoms with van der Waals surface area (Å²) in [5.41, 5.74) is 5.23. The normalized spacial score (nSPS) is 10.1. The number of anilines is 1. The van der Waals surface area contributed by atoms with E-state index in [2.05, 4.69) is 10.3 Å². The molecule has 17 heavy (non-hydrogen) atoms. The van der Waals surface area contributed by atoms with Gasteiger partial charge in [-0.25, -0.2) is 4.98 Å². The fourth-order valence-corrected chi connectivity index (χ4v) is 2.60. The van der Waals surface area contributed by atoms with Crippen molar-refractivity contribution < 1.29 is 9.59 Å². The molecule has 0 aliphatic heterocycles. The molecule has 2 rings (SSSR count). The number of primary amides is 1. The molecule has 0 fully saturated rings. The molecular weight excluding hydrogens is 258 g/mol. The van der Waals surface area contributed by atoms with Crippen LogP contribution < -0.4 is 11.1 Å². The molecule has 2 aromatic heterocycles. The third kappa shape index (κ3) is 3.11. The molecule has 0 aliphatic carbocycles. The minimum absolute atomic E-state index is 0.155. The number of nitrogens with two attached hydrogens (primary N) is 1. The van der Waals surface area contributed by atoms with E-state index in [4.69, 9.17) is 5.73 Å². The second-order valence-corrected chi connectivity index (χ2v) is 5.10. The second kappa shape index (κ2) is 5.07. The van der Waals surface area contributed by atoms with Gasteiger partial charge in [-0.3, -0.25) is 9.59 Å². The molecule has 0 radical (unpaired) electrons. The predicted molar refractivity (Wildman–Crippen MR) is 67.3 cm³/mol. The van der Waals surface area contributed by atoms with Crippen molar-refractivity contribution in [2.24, 2.45) is 5.73 Å². The van der Waals surface area contributed by atoms with Gasteiger partial charge in [0.25, 0.3) is 5.91 Å². The standard InChI is InChI=1S/C10H9N3O2S2/c11-9(15)7-5-17-10(12-7)13-8(14)4-6-2-1-3-16-6/h1-3,5H,4H2,(H2,11,15)(H,12,13,14). The lowest BCUT2D eigenvalue weighted by Crippen LogP contribution is -2.15. The summed E-state index contributed by atoms with van der Waals surface area (Å²) < 4.78 is 0. The molecule has 7 heteroatoms. The van der Waals surface area contributed by atoms with E-state index in [0.29, 0.717) is 11.6 Å². The number of nitrogens with one attached hydrogen (secondary N) is 1. The predicted octanol–water partition coefficient (Wildman–Crippen LogP) is 1.48. The Labute approximate surface area is 105 Å². The number of carbonyl (C=O) groups excluding carboxylic acids is 2. The van der Waals surface area contributed by atoms with Crippen molar-refractivity contribution in [2.45, 2.75) is 6.42 Å². The van der Waals surface area contributed by atoms with Crippen molar-refractivity contribution in [3.8, 4) is 0 Å². The fraction of sp³-hybridized carbons (Fsp3) is 0.100. The van der Waals surface area contributed by atoms with E-state index in [1.807, 2.05) is 17.5 Å². The molecule has 0 saturated carbocycles. The van der Waals surface area contributed by atoms with Crippen molar-refractivity contribution >= 4 is 39.6 Å². The van der Waals surface area contributed by atoms with Crippen LogP contribution in [0.5, 0.6) is 0 Å². The van der Waals surface area contributed by atoms with Gasteiger partial charge >= 0.3 is 0 Å². The maximum absolute atomic E-state index is 11.6. The van der Waals surface area contributed by atoms with E-state index in [1.165, 1.54) is 28.1 Å². The topological polar surface area (TPSA) is 85.1 Å². The second-order valence-electron chi connectivity index (χ2n) is 3.21. The van der Waals surface area contributed by atoms with Crippen molar-refractivity contribution in [1.82, 2.24) is 4.98 Å². The van der Waals surface area contributed by atoms with Crippen LogP contribution in [0, 0.1) is 0 Å². The highest BCUT2D eigenvalue weighted by atomic mass is 32.1. The Balaban J connectivity index is 1.96. The van der Waals surface area contributed by atoms with Gasteiger partial charge in [-0.05, 0) is 11.4 Å². The Kier molecular flexibility index (Phi) is 3.50. The number of carbonyl (C=O) groups is 2. The van der Waals surface area contributed by atoms with Gasteiger partial charge < -0.3 is 11.1 Å². The van der Waals surface area contributed by atoms with Crippen LogP contribution in [0.15, 0.2) is 22.9 Å². The highest BCUT2D eigenvalue weighted by Gasteiger charge is 2.10. The largest absolute Gasteiger partial charge is 0.364 e. The summed E-state index contributed by atoms with van der Waals surface area (Å²) in [6.45, 7) is 0. The van der Waals surface area contributed by atoms with Crippen molar-refractivity contribution in [1.29, 1.82) is 0 Å². The number of hydrogen-bond donors (Lipinski definition) is 2. The van der Waals surface area contributed by atoms with Crippen LogP contribution in [0.1, 0.15) is 15.4 Å². The number of thiophene rings is 1. The molecule has 0 unspecified atom stereocenters. The van der Waals surface area contributed by atoms with Crippen LogP contribution in [-0.2, 0) is 11.2 Å². The molecule has 2 amide bonds. The molecule has 2 aromatic rings. The van der Waals surface area contributed by atoms with Gasteiger partial charge in [0, 0.05) is 10.3 Å². The Morgan fingerprint density at radius 1 is 1.41 bits per heavy atom. The van der Waals surface area contributed by atoms with Gasteiger partial charge in [0.1, 0.15) is 5.69 Å². The summed E-state index contributed by atoms with van der Waals surface area (Å²) in [5, 5.41) is 6.44. The number of thiazole rings is 1. The Bertz CT molecular complexity index is 534. The number of rotatable bonds is 4. The Morgan fingerprint density at radius 3 is 2.82 bits per heavy atom. The monoisotopic (exact) mass is 267 g/mol. The zero-order chi connectivity index (χ0) is 12.3. The number of nitrogens with zero attached hydrogens (tertiary/aromatic N) is 1. The molecule has 0 spiro atoms. The SMILES string of the molecule is NC(=O)c1csc(NC(=O)Cc2cccs2)n1. The molecule has 2 heterocycles. The molecule has 88 valence electrons. The third-order valence-corrected chi connectivity index (χ3v) is 3.55. The van der Waals surface area contributed by atoms with E-state index in [-0.39, 0.29) is 11.6 Å². The average molecular weight is 267 g/mol. The summed E-state index contributed by atoms with van der Waals surface area (Å²) in [7, 11) is 0. The van der Waals surface area contributed by atoms with Crippen LogP contribution >= 0.6 is 22.7 Å². The van der Waals surface area contributed by atoms with Crippen LogP contribution in [0.2, 0.25) is 0 Å². The molecular formula is C10H9N3O2S2. The van der Waals surface area contributed by atoms with E-state index in [0.717, 1.165) is 4.88 Å². The van der Waals surface area contributed by atoms with Gasteiger partial charge in [0.15, 0.2) is 5.13 Å². The molecule has 3 N–H and O–H groups in total. The minimum atomic E-state index is -0.597. The molecule has 0 atom stereocenters. The fourth-order valence-electron chi connectivity index (χ4n) is 1.18. The summed E-state index contributed by atoms with van der Waals surface area (Å²) in [6.07, 6.45) is 0.309. The smallest absolute Gasteiger partial charge is 0.268 e. The molecule has 0 aromatic carbocycles. The first-order chi connectivity index (χ1) is 8.15. The van der Waals surface area contributed by atoms with E-state index < -0.39 is 5.91 Å². The molecule has 0 aliphatic rings. The minimum Gasteiger partial charge on any atom is -0.364 e. The third-order valence-electron chi connectivity index (χ3n) is 1.92. The van der Waals surface area contributed by atoms with E-state index >= 15 is 0 Å². The summed E-state index contributed by atoms with van der Waals surface area (Å²) >= 11 is 2.70. The van der Waals surface area contributed by atoms with Gasteiger partial charge in [-0.1, -0.05) is 6.07 Å². The van der Waals surface area contributed by atoms with Gasteiger partial charge in [0.05, 0.1) is 6.42 Å². The van der Waals surface area contributed by atoms with Crippen molar-refractivity contribution in [3.63, 3.8) is 0 Å². The lowest BCUT2D eigenvalue weighted by atomic mass is 10.3. The highest BCUT2D eigenvalue weighted by Crippen LogP contribution is 2.16. The van der Waals surface area contributed by atoms with Gasteiger partial charge in [-0.2, -0.15) is 0 Å². The molecule has 5 nitrogen and oxygen atoms in total. The van der Waals surface area contributed by atoms with Gasteiger partial charge in [-0.15, -0.1) is 22.7 Å². The van der Waals surface area contributed by atoms with Crippen molar-refractivity contribution in [2.75, 3.05) is 5.32 Å². The number of amides is 2. The first-order valence-electron chi connectivity index (χ1n) is 4.72. The van der Waals surface area contributed by atoms with E-state index in [9.17, 15) is 9.59 Å². The zero-order valence-corrected chi connectivity index (χ0v) is 10.3. The number of hydrogen-bond acceptors (Lipinski definition) is 5. The van der Waals surface area contributed by atoms with Crippen LogP contribution in [0.3, 0.4) is 0 Å². The molecule has 0 saturated heterocycles. The van der Waals surface area contributed by atoms with Crippen LogP contribution in [0.4, 0.5) is 5.13 Å². The van der Waals surface area contributed by atoms with Crippen LogP contribution in [0.25, 0.3) is 0 Å².